The van der Waals surface area contributed by atoms with Gasteiger partial charge in [-0.1, -0.05) is 24.3 Å². The van der Waals surface area contributed by atoms with Crippen LogP contribution in [0.15, 0.2) is 54.7 Å². The molecule has 0 aliphatic rings. The van der Waals surface area contributed by atoms with Crippen LogP contribution in [0.2, 0.25) is 0 Å². The molecule has 1 aromatic heterocycles. The van der Waals surface area contributed by atoms with E-state index in [1.807, 2.05) is 0 Å². The number of alkyl halides is 3. The third-order valence-corrected chi connectivity index (χ3v) is 4.90. The Kier molecular flexibility index (Phi) is 5.46. The number of nitrogens with zero attached hydrogens (tertiary/aromatic N) is 1. The molecule has 0 unspecified atom stereocenters. The van der Waals surface area contributed by atoms with Crippen LogP contribution in [-0.2, 0) is 12.7 Å². The summed E-state index contributed by atoms with van der Waals surface area (Å²) < 4.78 is 38.2. The number of hydrogen-bond acceptors (Lipinski definition) is 4. The Balaban J connectivity index is 1.67. The summed E-state index contributed by atoms with van der Waals surface area (Å²) in [7, 11) is 0. The van der Waals surface area contributed by atoms with Crippen LogP contribution >= 0.6 is 11.3 Å². The molecule has 0 aliphatic carbocycles. The first kappa shape index (κ1) is 19.6. The summed E-state index contributed by atoms with van der Waals surface area (Å²) in [6.45, 7) is -0.0384. The summed E-state index contributed by atoms with van der Waals surface area (Å²) in [6, 6.07) is 11.2. The Morgan fingerprint density at radius 3 is 2.46 bits per heavy atom. The van der Waals surface area contributed by atoms with Crippen molar-refractivity contribution in [3.8, 4) is 10.6 Å². The Labute approximate surface area is 162 Å². The van der Waals surface area contributed by atoms with Crippen molar-refractivity contribution in [2.24, 2.45) is 5.73 Å². The fraction of sp³-hybridized carbons (Fsp3) is 0.105. The monoisotopic (exact) mass is 405 g/mol. The van der Waals surface area contributed by atoms with E-state index >= 15 is 0 Å². The highest BCUT2D eigenvalue weighted by Crippen LogP contribution is 2.29. The van der Waals surface area contributed by atoms with Crippen molar-refractivity contribution in [3.63, 3.8) is 0 Å². The third kappa shape index (κ3) is 4.55. The van der Waals surface area contributed by atoms with Gasteiger partial charge in [0.25, 0.3) is 5.91 Å². The average molecular weight is 405 g/mol. The van der Waals surface area contributed by atoms with Gasteiger partial charge in [0.05, 0.1) is 11.8 Å². The van der Waals surface area contributed by atoms with Gasteiger partial charge < -0.3 is 11.1 Å². The van der Waals surface area contributed by atoms with Crippen LogP contribution in [0.1, 0.15) is 31.2 Å². The van der Waals surface area contributed by atoms with Gasteiger partial charge in [-0.3, -0.25) is 9.59 Å². The topological polar surface area (TPSA) is 85.1 Å². The number of primary amides is 1. The smallest absolute Gasteiger partial charge is 0.366 e. The highest BCUT2D eigenvalue weighted by atomic mass is 32.1. The normalized spacial score (nSPS) is 11.2. The van der Waals surface area contributed by atoms with E-state index in [0.29, 0.717) is 26.6 Å². The van der Waals surface area contributed by atoms with Crippen molar-refractivity contribution in [1.82, 2.24) is 10.3 Å². The summed E-state index contributed by atoms with van der Waals surface area (Å²) >= 11 is 1.13. The number of nitrogens with two attached hydrogens (primary N) is 1. The highest BCUT2D eigenvalue weighted by Gasteiger charge is 2.30. The van der Waals surface area contributed by atoms with Crippen molar-refractivity contribution >= 4 is 23.2 Å². The number of thiazole rings is 1. The van der Waals surface area contributed by atoms with Gasteiger partial charge in [-0.25, -0.2) is 4.98 Å². The lowest BCUT2D eigenvalue weighted by atomic mass is 10.1. The van der Waals surface area contributed by atoms with Crippen LogP contribution in [0.4, 0.5) is 13.2 Å². The van der Waals surface area contributed by atoms with Gasteiger partial charge in [0.2, 0.25) is 5.91 Å². The fourth-order valence-electron chi connectivity index (χ4n) is 2.42. The zero-order valence-electron chi connectivity index (χ0n) is 14.3. The van der Waals surface area contributed by atoms with Crippen LogP contribution in [0.5, 0.6) is 0 Å². The maximum absolute atomic E-state index is 12.7. The first-order valence-corrected chi connectivity index (χ1v) is 8.86. The van der Waals surface area contributed by atoms with Crippen LogP contribution in [0.25, 0.3) is 10.6 Å². The largest absolute Gasteiger partial charge is 0.416 e. The molecule has 0 saturated carbocycles. The summed E-state index contributed by atoms with van der Waals surface area (Å²) in [4.78, 5) is 27.9. The van der Waals surface area contributed by atoms with Gasteiger partial charge in [-0.05, 0) is 29.8 Å². The highest BCUT2D eigenvalue weighted by molar-refractivity contribution is 7.16. The lowest BCUT2D eigenvalue weighted by Crippen LogP contribution is -2.22. The molecule has 0 saturated heterocycles. The van der Waals surface area contributed by atoms with Crippen molar-refractivity contribution in [3.05, 3.63) is 76.3 Å². The molecule has 3 N–H and O–H groups in total. The quantitative estimate of drug-likeness (QED) is 0.676. The molecular weight excluding hydrogens is 391 g/mol. The molecule has 2 aromatic carbocycles. The Morgan fingerprint density at radius 2 is 1.82 bits per heavy atom. The molecule has 0 radical (unpaired) electrons. The van der Waals surface area contributed by atoms with E-state index in [0.717, 1.165) is 23.5 Å². The number of carbonyl (C=O) groups excluding carboxylic acids is 2. The third-order valence-electron chi connectivity index (χ3n) is 3.85. The standard InChI is InChI=1S/C19H14F3N3O2S/c20-19(21,22)14-3-1-2-11(8-14)9-24-17(27)15-10-25-18(28-15)13-6-4-12(5-7-13)16(23)26/h1-8,10H,9H2,(H2,23,26)(H,24,27). The zero-order chi connectivity index (χ0) is 20.3. The summed E-state index contributed by atoms with van der Waals surface area (Å²) in [6.07, 6.45) is -3.04. The van der Waals surface area contributed by atoms with E-state index < -0.39 is 23.6 Å². The molecule has 3 aromatic rings. The maximum Gasteiger partial charge on any atom is 0.416 e. The molecular formula is C19H14F3N3O2S. The average Bonchev–Trinajstić information content (AvgIpc) is 3.16. The lowest BCUT2D eigenvalue weighted by Gasteiger charge is -2.09. The summed E-state index contributed by atoms with van der Waals surface area (Å²) in [5, 5.41) is 3.16. The number of halogens is 3. The molecule has 0 spiro atoms. The second-order valence-electron chi connectivity index (χ2n) is 5.85. The van der Waals surface area contributed by atoms with Gasteiger partial charge in [-0.15, -0.1) is 11.3 Å². The molecule has 1 heterocycles. The number of nitrogens with one attached hydrogen (secondary N) is 1. The second-order valence-corrected chi connectivity index (χ2v) is 6.88. The van der Waals surface area contributed by atoms with Crippen LogP contribution in [0.3, 0.4) is 0 Å². The first-order chi connectivity index (χ1) is 13.2. The number of carbonyl (C=O) groups is 2. The molecule has 5 nitrogen and oxygen atoms in total. The van der Waals surface area contributed by atoms with E-state index in [9.17, 15) is 22.8 Å². The predicted octanol–water partition coefficient (Wildman–Crippen LogP) is 3.86. The van der Waals surface area contributed by atoms with Gasteiger partial charge >= 0.3 is 6.18 Å². The molecule has 0 fully saturated rings. The van der Waals surface area contributed by atoms with Crippen molar-refractivity contribution in [2.75, 3.05) is 0 Å². The lowest BCUT2D eigenvalue weighted by molar-refractivity contribution is -0.137. The minimum atomic E-state index is -4.43. The molecule has 0 bridgehead atoms. The van der Waals surface area contributed by atoms with E-state index in [4.69, 9.17) is 5.73 Å². The fourth-order valence-corrected chi connectivity index (χ4v) is 3.25. The number of aromatic nitrogens is 1. The maximum atomic E-state index is 12.7. The van der Waals surface area contributed by atoms with Gasteiger partial charge in [0.15, 0.2) is 0 Å². The summed E-state index contributed by atoms with van der Waals surface area (Å²) in [5.74, 6) is -0.977. The molecule has 144 valence electrons. The minimum Gasteiger partial charge on any atom is -0.366 e. The molecule has 2 amide bonds. The van der Waals surface area contributed by atoms with E-state index in [2.05, 4.69) is 10.3 Å². The zero-order valence-corrected chi connectivity index (χ0v) is 15.1. The van der Waals surface area contributed by atoms with Gasteiger partial charge in [0.1, 0.15) is 9.88 Å². The number of amides is 2. The van der Waals surface area contributed by atoms with E-state index in [1.165, 1.54) is 18.3 Å². The minimum absolute atomic E-state index is 0.0384. The number of benzene rings is 2. The first-order valence-electron chi connectivity index (χ1n) is 8.04. The SMILES string of the molecule is NC(=O)c1ccc(-c2ncc(C(=O)NCc3cccc(C(F)(F)F)c3)s2)cc1. The Bertz CT molecular complexity index is 1010. The van der Waals surface area contributed by atoms with Crippen LogP contribution in [-0.4, -0.2) is 16.8 Å². The molecule has 9 heteroatoms. The van der Waals surface area contributed by atoms with Gasteiger partial charge in [-0.2, -0.15) is 13.2 Å². The van der Waals surface area contributed by atoms with Crippen molar-refractivity contribution in [2.45, 2.75) is 12.7 Å². The Morgan fingerprint density at radius 1 is 1.11 bits per heavy atom. The van der Waals surface area contributed by atoms with Crippen LogP contribution in [0, 0.1) is 0 Å². The second kappa shape index (κ2) is 7.81. The van der Waals surface area contributed by atoms with E-state index in [-0.39, 0.29) is 6.54 Å². The van der Waals surface area contributed by atoms with Crippen molar-refractivity contribution in [1.29, 1.82) is 0 Å². The number of hydrogen-bond donors (Lipinski definition) is 2. The van der Waals surface area contributed by atoms with Gasteiger partial charge in [0, 0.05) is 17.7 Å². The molecule has 0 aliphatic heterocycles. The Hall–Kier alpha value is -3.20. The van der Waals surface area contributed by atoms with Crippen LogP contribution < -0.4 is 11.1 Å². The molecule has 28 heavy (non-hydrogen) atoms. The number of rotatable bonds is 5. The molecule has 3 rings (SSSR count). The van der Waals surface area contributed by atoms with Crippen molar-refractivity contribution < 1.29 is 22.8 Å². The van der Waals surface area contributed by atoms with E-state index in [1.54, 1.807) is 24.3 Å². The molecule has 0 atom stereocenters. The predicted molar refractivity (Wildman–Crippen MR) is 98.7 cm³/mol. The summed E-state index contributed by atoms with van der Waals surface area (Å²) in [5.41, 5.74) is 5.85.